The fraction of sp³-hybridized carbons (Fsp3) is 0.619. The van der Waals surface area contributed by atoms with Gasteiger partial charge in [0.05, 0.1) is 19.8 Å². The lowest BCUT2D eigenvalue weighted by atomic mass is 10.1. The molecule has 3 nitrogen and oxygen atoms in total. The average molecular weight is 363 g/mol. The van der Waals surface area contributed by atoms with E-state index in [0.29, 0.717) is 19.8 Å². The van der Waals surface area contributed by atoms with Crippen molar-refractivity contribution in [3.63, 3.8) is 0 Å². The molecule has 0 N–H and O–H groups in total. The highest BCUT2D eigenvalue weighted by Gasteiger charge is 2.41. The van der Waals surface area contributed by atoms with E-state index in [1.807, 2.05) is 18.2 Å². The van der Waals surface area contributed by atoms with Gasteiger partial charge < -0.3 is 13.9 Å². The topological polar surface area (TPSA) is 27.7 Å². The Kier molecular flexibility index (Phi) is 6.31. The molecule has 1 aromatic carbocycles. The van der Waals surface area contributed by atoms with Crippen molar-refractivity contribution in [2.24, 2.45) is 0 Å². The molecule has 25 heavy (non-hydrogen) atoms. The lowest BCUT2D eigenvalue weighted by molar-refractivity contribution is -0.0736. The van der Waals surface area contributed by atoms with Crippen LogP contribution in [0.15, 0.2) is 42.0 Å². The summed E-state index contributed by atoms with van der Waals surface area (Å²) in [6, 6.07) is 10.2. The predicted molar refractivity (Wildman–Crippen MR) is 106 cm³/mol. The molecule has 1 aromatic rings. The summed E-state index contributed by atoms with van der Waals surface area (Å²) in [6.45, 7) is 17.4. The van der Waals surface area contributed by atoms with Gasteiger partial charge in [-0.3, -0.25) is 0 Å². The molecule has 140 valence electrons. The van der Waals surface area contributed by atoms with E-state index in [1.165, 1.54) is 11.1 Å². The fourth-order valence-corrected chi connectivity index (χ4v) is 3.75. The van der Waals surface area contributed by atoms with E-state index in [4.69, 9.17) is 13.9 Å². The molecule has 0 fully saturated rings. The van der Waals surface area contributed by atoms with Gasteiger partial charge in [-0.15, -0.1) is 0 Å². The lowest BCUT2D eigenvalue weighted by Gasteiger charge is -2.38. The van der Waals surface area contributed by atoms with Gasteiger partial charge in [0.2, 0.25) is 0 Å². The minimum Gasteiger partial charge on any atom is -0.414 e. The third kappa shape index (κ3) is 5.51. The van der Waals surface area contributed by atoms with Crippen LogP contribution in [-0.4, -0.2) is 33.2 Å². The van der Waals surface area contributed by atoms with Crippen molar-refractivity contribution >= 4 is 8.32 Å². The normalized spacial score (nSPS) is 24.4. The molecule has 1 heterocycles. The smallest absolute Gasteiger partial charge is 0.192 e. The van der Waals surface area contributed by atoms with E-state index in [9.17, 15) is 0 Å². The molecule has 0 aromatic heterocycles. The standard InChI is InChI=1S/C21H34O3Si/c1-17-13-21(5,16-23-25(6,7)20(2,3)4)24-19(17)15-22-14-18-11-9-8-10-12-18/h8-13,19H,14-16H2,1-7H3/t19-,21-/m1/s1. The highest BCUT2D eigenvalue weighted by atomic mass is 28.4. The van der Waals surface area contributed by atoms with Gasteiger partial charge in [-0.2, -0.15) is 0 Å². The van der Waals surface area contributed by atoms with E-state index in [2.05, 4.69) is 65.9 Å². The van der Waals surface area contributed by atoms with Crippen LogP contribution in [0.2, 0.25) is 18.1 Å². The first-order valence-corrected chi connectivity index (χ1v) is 12.1. The van der Waals surface area contributed by atoms with Gasteiger partial charge in [-0.25, -0.2) is 0 Å². The van der Waals surface area contributed by atoms with E-state index >= 15 is 0 Å². The molecule has 0 aliphatic carbocycles. The zero-order valence-electron chi connectivity index (χ0n) is 16.9. The Labute approximate surface area is 154 Å². The summed E-state index contributed by atoms with van der Waals surface area (Å²) in [5.41, 5.74) is 2.06. The molecule has 2 atom stereocenters. The van der Waals surface area contributed by atoms with Gasteiger partial charge in [0, 0.05) is 0 Å². The number of hydrogen-bond donors (Lipinski definition) is 0. The van der Waals surface area contributed by atoms with Crippen molar-refractivity contribution < 1.29 is 13.9 Å². The Hall–Kier alpha value is -0.943. The van der Waals surface area contributed by atoms with Crippen molar-refractivity contribution in [3.8, 4) is 0 Å². The number of rotatable bonds is 7. The van der Waals surface area contributed by atoms with Crippen LogP contribution in [-0.2, 0) is 20.5 Å². The number of benzene rings is 1. The van der Waals surface area contributed by atoms with Gasteiger partial charge in [-0.1, -0.05) is 51.1 Å². The third-order valence-electron chi connectivity index (χ3n) is 5.36. The molecule has 2 rings (SSSR count). The average Bonchev–Trinajstić information content (AvgIpc) is 2.80. The second kappa shape index (κ2) is 7.75. The minimum atomic E-state index is -1.77. The molecule has 0 saturated heterocycles. The molecule has 0 spiro atoms. The first kappa shape index (κ1) is 20.4. The van der Waals surface area contributed by atoms with Gasteiger partial charge in [0.15, 0.2) is 8.32 Å². The SMILES string of the molecule is CC1=C[C@](C)(CO[Si](C)(C)C(C)(C)C)O[C@@H]1COCc1ccccc1. The summed E-state index contributed by atoms with van der Waals surface area (Å²) >= 11 is 0. The molecule has 0 saturated carbocycles. The van der Waals surface area contributed by atoms with Gasteiger partial charge >= 0.3 is 0 Å². The van der Waals surface area contributed by atoms with Crippen molar-refractivity contribution in [1.82, 2.24) is 0 Å². The zero-order chi connectivity index (χ0) is 18.7. The number of hydrogen-bond acceptors (Lipinski definition) is 3. The third-order valence-corrected chi connectivity index (χ3v) is 9.84. The second-order valence-corrected chi connectivity index (χ2v) is 13.7. The maximum absolute atomic E-state index is 6.38. The Morgan fingerprint density at radius 2 is 1.80 bits per heavy atom. The quantitative estimate of drug-likeness (QED) is 0.485. The van der Waals surface area contributed by atoms with Crippen LogP contribution in [0.1, 0.15) is 40.2 Å². The molecule has 0 bridgehead atoms. The maximum Gasteiger partial charge on any atom is 0.192 e. The van der Waals surface area contributed by atoms with Crippen molar-refractivity contribution in [1.29, 1.82) is 0 Å². The van der Waals surface area contributed by atoms with Crippen LogP contribution >= 0.6 is 0 Å². The van der Waals surface area contributed by atoms with Crippen molar-refractivity contribution in [2.45, 2.75) is 71.1 Å². The summed E-state index contributed by atoms with van der Waals surface area (Å²) in [4.78, 5) is 0. The zero-order valence-corrected chi connectivity index (χ0v) is 17.9. The van der Waals surface area contributed by atoms with Crippen LogP contribution in [0, 0.1) is 0 Å². The van der Waals surface area contributed by atoms with E-state index in [-0.39, 0.29) is 16.7 Å². The van der Waals surface area contributed by atoms with Crippen LogP contribution in [0.5, 0.6) is 0 Å². The first-order chi connectivity index (χ1) is 11.5. The van der Waals surface area contributed by atoms with Crippen LogP contribution in [0.25, 0.3) is 0 Å². The molecule has 4 heteroatoms. The Bertz CT molecular complexity index is 589. The van der Waals surface area contributed by atoms with Crippen molar-refractivity contribution in [2.75, 3.05) is 13.2 Å². The number of ether oxygens (including phenoxy) is 2. The van der Waals surface area contributed by atoms with Gasteiger partial charge in [0.25, 0.3) is 0 Å². The highest BCUT2D eigenvalue weighted by molar-refractivity contribution is 6.74. The summed E-state index contributed by atoms with van der Waals surface area (Å²) in [5, 5.41) is 0.207. The van der Waals surface area contributed by atoms with Gasteiger partial charge in [-0.05, 0) is 49.2 Å². The van der Waals surface area contributed by atoms with Crippen LogP contribution in [0.3, 0.4) is 0 Å². The molecule has 0 radical (unpaired) electrons. The van der Waals surface area contributed by atoms with E-state index < -0.39 is 8.32 Å². The molecule has 0 amide bonds. The molecular formula is C21H34O3Si. The highest BCUT2D eigenvalue weighted by Crippen LogP contribution is 2.38. The summed E-state index contributed by atoms with van der Waals surface area (Å²) < 4.78 is 18.5. The Morgan fingerprint density at radius 3 is 2.40 bits per heavy atom. The van der Waals surface area contributed by atoms with Crippen molar-refractivity contribution in [3.05, 3.63) is 47.5 Å². The van der Waals surface area contributed by atoms with Gasteiger partial charge in [0.1, 0.15) is 11.7 Å². The van der Waals surface area contributed by atoms with Crippen LogP contribution < -0.4 is 0 Å². The maximum atomic E-state index is 6.38. The summed E-state index contributed by atoms with van der Waals surface area (Å²) in [7, 11) is -1.77. The van der Waals surface area contributed by atoms with E-state index in [1.54, 1.807) is 0 Å². The van der Waals surface area contributed by atoms with Crippen LogP contribution in [0.4, 0.5) is 0 Å². The summed E-state index contributed by atoms with van der Waals surface area (Å²) in [5.74, 6) is 0. The fourth-order valence-electron chi connectivity index (χ4n) is 2.67. The summed E-state index contributed by atoms with van der Waals surface area (Å²) in [6.07, 6.45) is 2.22. The predicted octanol–water partition coefficient (Wildman–Crippen LogP) is 5.33. The molecule has 1 aliphatic heterocycles. The largest absolute Gasteiger partial charge is 0.414 e. The lowest BCUT2D eigenvalue weighted by Crippen LogP contribution is -2.45. The molecule has 0 unspecified atom stereocenters. The monoisotopic (exact) mass is 362 g/mol. The Balaban J connectivity index is 1.85. The minimum absolute atomic E-state index is 0.0109. The second-order valence-electron chi connectivity index (χ2n) is 8.86. The molecule has 1 aliphatic rings. The first-order valence-electron chi connectivity index (χ1n) is 9.15. The molecular weight excluding hydrogens is 328 g/mol. The van der Waals surface area contributed by atoms with E-state index in [0.717, 1.165) is 0 Å². The Morgan fingerprint density at radius 1 is 1.16 bits per heavy atom.